The molecule has 1 heterocycles. The number of hydrogen-bond acceptors (Lipinski definition) is 5. The highest BCUT2D eigenvalue weighted by Crippen LogP contribution is 2.18. The van der Waals surface area contributed by atoms with Gasteiger partial charge >= 0.3 is 5.97 Å². The van der Waals surface area contributed by atoms with E-state index in [1.54, 1.807) is 45.3 Å². The monoisotopic (exact) mass is 361 g/mol. The average molecular weight is 361 g/mol. The van der Waals surface area contributed by atoms with Crippen LogP contribution in [0, 0.1) is 5.92 Å². The number of benzene rings is 1. The van der Waals surface area contributed by atoms with E-state index in [0.29, 0.717) is 24.4 Å². The van der Waals surface area contributed by atoms with Crippen molar-refractivity contribution in [3.63, 3.8) is 0 Å². The lowest BCUT2D eigenvalue weighted by Gasteiger charge is -2.30. The lowest BCUT2D eigenvalue weighted by Crippen LogP contribution is -2.43. The number of carbonyl (C=O) groups excluding carboxylic acids is 3. The van der Waals surface area contributed by atoms with Crippen LogP contribution in [0.2, 0.25) is 0 Å². The van der Waals surface area contributed by atoms with Crippen LogP contribution in [0.1, 0.15) is 30.1 Å². The summed E-state index contributed by atoms with van der Waals surface area (Å²) in [6.45, 7) is 3.69. The fourth-order valence-corrected chi connectivity index (χ4v) is 3.04. The van der Waals surface area contributed by atoms with Crippen LogP contribution in [0.3, 0.4) is 0 Å². The molecule has 0 bridgehead atoms. The first-order valence-electron chi connectivity index (χ1n) is 8.91. The molecule has 0 saturated carbocycles. The van der Waals surface area contributed by atoms with Crippen LogP contribution in [-0.4, -0.2) is 67.9 Å². The molecule has 7 heteroatoms. The summed E-state index contributed by atoms with van der Waals surface area (Å²) in [5.41, 5.74) is 1.11. The third-order valence-electron chi connectivity index (χ3n) is 4.29. The normalized spacial score (nSPS) is 17.4. The first kappa shape index (κ1) is 19.9. The maximum atomic E-state index is 12.3. The zero-order valence-corrected chi connectivity index (χ0v) is 15.7. The Morgan fingerprint density at radius 3 is 2.77 bits per heavy atom. The Morgan fingerprint density at radius 1 is 1.31 bits per heavy atom. The fourth-order valence-electron chi connectivity index (χ4n) is 3.04. The second-order valence-electron chi connectivity index (χ2n) is 6.65. The summed E-state index contributed by atoms with van der Waals surface area (Å²) in [5, 5.41) is 2.83. The number of nitrogens with zero attached hydrogens (tertiary/aromatic N) is 2. The Balaban J connectivity index is 1.91. The van der Waals surface area contributed by atoms with Crippen LogP contribution in [-0.2, 0) is 14.3 Å². The number of nitrogens with one attached hydrogen (secondary N) is 1. The summed E-state index contributed by atoms with van der Waals surface area (Å²) in [7, 11) is 3.37. The van der Waals surface area contributed by atoms with Gasteiger partial charge in [0, 0.05) is 31.9 Å². The zero-order chi connectivity index (χ0) is 19.1. The number of anilines is 1. The van der Waals surface area contributed by atoms with E-state index in [1.807, 2.05) is 4.90 Å². The first-order valence-corrected chi connectivity index (χ1v) is 8.91. The molecule has 1 saturated heterocycles. The van der Waals surface area contributed by atoms with Gasteiger partial charge < -0.3 is 15.0 Å². The van der Waals surface area contributed by atoms with Gasteiger partial charge in [0.25, 0.3) is 5.91 Å². The molecule has 1 aliphatic heterocycles. The minimum Gasteiger partial charge on any atom is -0.466 e. The molecule has 7 nitrogen and oxygen atoms in total. The molecule has 1 aromatic rings. The lowest BCUT2D eigenvalue weighted by atomic mass is 9.98. The molecule has 1 aromatic carbocycles. The smallest absolute Gasteiger partial charge is 0.310 e. The van der Waals surface area contributed by atoms with E-state index in [-0.39, 0.29) is 30.2 Å². The molecule has 2 rings (SSSR count). The van der Waals surface area contributed by atoms with Crippen LogP contribution < -0.4 is 5.32 Å². The van der Waals surface area contributed by atoms with Gasteiger partial charge in [0.15, 0.2) is 0 Å². The van der Waals surface area contributed by atoms with Crippen molar-refractivity contribution in [1.82, 2.24) is 9.80 Å². The highest BCUT2D eigenvalue weighted by atomic mass is 16.5. The second kappa shape index (κ2) is 9.33. The van der Waals surface area contributed by atoms with Crippen molar-refractivity contribution in [2.24, 2.45) is 5.92 Å². The molecule has 1 atom stereocenters. The Labute approximate surface area is 154 Å². The Hall–Kier alpha value is -2.41. The number of carbonyl (C=O) groups is 3. The van der Waals surface area contributed by atoms with Gasteiger partial charge in [-0.05, 0) is 44.5 Å². The van der Waals surface area contributed by atoms with Crippen molar-refractivity contribution in [3.8, 4) is 0 Å². The third kappa shape index (κ3) is 5.56. The van der Waals surface area contributed by atoms with Gasteiger partial charge in [-0.1, -0.05) is 6.07 Å². The van der Waals surface area contributed by atoms with Gasteiger partial charge in [-0.15, -0.1) is 0 Å². The lowest BCUT2D eigenvalue weighted by molar-refractivity contribution is -0.150. The predicted octanol–water partition coefficient (Wildman–Crippen LogP) is 1.60. The Bertz CT molecular complexity index is 660. The van der Waals surface area contributed by atoms with Gasteiger partial charge in [0.2, 0.25) is 5.91 Å². The Morgan fingerprint density at radius 2 is 2.08 bits per heavy atom. The summed E-state index contributed by atoms with van der Waals surface area (Å²) in [6, 6.07) is 6.87. The highest BCUT2D eigenvalue weighted by molar-refractivity contribution is 5.97. The average Bonchev–Trinajstić information content (AvgIpc) is 2.61. The van der Waals surface area contributed by atoms with Crippen molar-refractivity contribution < 1.29 is 19.1 Å². The van der Waals surface area contributed by atoms with Gasteiger partial charge in [0.05, 0.1) is 19.1 Å². The number of ether oxygens (including phenoxy) is 1. The maximum absolute atomic E-state index is 12.3. The van der Waals surface area contributed by atoms with Gasteiger partial charge in [-0.2, -0.15) is 0 Å². The zero-order valence-electron chi connectivity index (χ0n) is 15.7. The molecule has 1 aliphatic rings. The molecule has 0 radical (unpaired) electrons. The number of rotatable bonds is 6. The van der Waals surface area contributed by atoms with E-state index in [9.17, 15) is 14.4 Å². The van der Waals surface area contributed by atoms with E-state index in [0.717, 1.165) is 19.4 Å². The van der Waals surface area contributed by atoms with Gasteiger partial charge in [0.1, 0.15) is 0 Å². The molecule has 2 amide bonds. The Kier molecular flexibility index (Phi) is 7.15. The number of likely N-dealkylation sites (tertiary alicyclic amines) is 1. The van der Waals surface area contributed by atoms with Crippen molar-refractivity contribution in [2.75, 3.05) is 45.7 Å². The molecule has 1 N–H and O–H groups in total. The summed E-state index contributed by atoms with van der Waals surface area (Å²) < 4.78 is 5.08. The minimum atomic E-state index is -0.187. The fraction of sp³-hybridized carbons (Fsp3) is 0.526. The number of esters is 1. The summed E-state index contributed by atoms with van der Waals surface area (Å²) in [5.74, 6) is -0.636. The molecule has 1 fully saturated rings. The van der Waals surface area contributed by atoms with E-state index in [4.69, 9.17) is 4.74 Å². The van der Waals surface area contributed by atoms with Crippen LogP contribution in [0.15, 0.2) is 24.3 Å². The summed E-state index contributed by atoms with van der Waals surface area (Å²) >= 11 is 0. The van der Waals surface area contributed by atoms with E-state index in [1.165, 1.54) is 4.90 Å². The third-order valence-corrected chi connectivity index (χ3v) is 4.29. The van der Waals surface area contributed by atoms with Crippen molar-refractivity contribution in [3.05, 3.63) is 29.8 Å². The predicted molar refractivity (Wildman–Crippen MR) is 98.9 cm³/mol. The largest absolute Gasteiger partial charge is 0.466 e. The van der Waals surface area contributed by atoms with Gasteiger partial charge in [-0.25, -0.2) is 0 Å². The van der Waals surface area contributed by atoms with E-state index in [2.05, 4.69) is 5.32 Å². The second-order valence-corrected chi connectivity index (χ2v) is 6.65. The van der Waals surface area contributed by atoms with Crippen molar-refractivity contribution in [2.45, 2.75) is 19.8 Å². The van der Waals surface area contributed by atoms with Gasteiger partial charge in [-0.3, -0.25) is 19.3 Å². The quantitative estimate of drug-likeness (QED) is 0.779. The van der Waals surface area contributed by atoms with Crippen LogP contribution in [0.5, 0.6) is 0 Å². The number of amides is 2. The van der Waals surface area contributed by atoms with Crippen LogP contribution in [0.4, 0.5) is 5.69 Å². The molecule has 1 unspecified atom stereocenters. The van der Waals surface area contributed by atoms with Crippen LogP contribution >= 0.6 is 0 Å². The van der Waals surface area contributed by atoms with Crippen molar-refractivity contribution >= 4 is 23.5 Å². The molecular weight excluding hydrogens is 334 g/mol. The molecule has 142 valence electrons. The standard InChI is InChI=1S/C19H27N3O4/c1-4-26-19(25)15-8-6-10-22(12-15)13-17(23)20-16-9-5-7-14(11-16)18(24)21(2)3/h5,7,9,11,15H,4,6,8,10,12-13H2,1-3H3,(H,20,23). The number of piperidine rings is 1. The van der Waals surface area contributed by atoms with Crippen molar-refractivity contribution in [1.29, 1.82) is 0 Å². The van der Waals surface area contributed by atoms with E-state index < -0.39 is 0 Å². The van der Waals surface area contributed by atoms with E-state index >= 15 is 0 Å². The SMILES string of the molecule is CCOC(=O)C1CCCN(CC(=O)Nc2cccc(C(=O)N(C)C)c2)C1. The molecule has 0 aromatic heterocycles. The molecular formula is C19H27N3O4. The summed E-state index contributed by atoms with van der Waals surface area (Å²) in [4.78, 5) is 39.7. The highest BCUT2D eigenvalue weighted by Gasteiger charge is 2.27. The topological polar surface area (TPSA) is 79.0 Å². The number of hydrogen-bond donors (Lipinski definition) is 1. The molecule has 26 heavy (non-hydrogen) atoms. The maximum Gasteiger partial charge on any atom is 0.310 e. The minimum absolute atomic E-state index is 0.116. The molecule has 0 spiro atoms. The van der Waals surface area contributed by atoms with Crippen LogP contribution in [0.25, 0.3) is 0 Å². The first-order chi connectivity index (χ1) is 12.4. The molecule has 0 aliphatic carbocycles. The summed E-state index contributed by atoms with van der Waals surface area (Å²) in [6.07, 6.45) is 1.66.